The molecule has 0 aliphatic heterocycles. The molecule has 0 radical (unpaired) electrons. The number of hydrogen-bond donors (Lipinski definition) is 5. The molecule has 9 nitrogen and oxygen atoms in total. The lowest BCUT2D eigenvalue weighted by atomic mass is 9.79. The summed E-state index contributed by atoms with van der Waals surface area (Å²) < 4.78 is 0. The molecule has 0 aliphatic rings. The van der Waals surface area contributed by atoms with Gasteiger partial charge in [0.1, 0.15) is 6.04 Å². The number of carboxylic acid groups (broad SMARTS) is 2. The van der Waals surface area contributed by atoms with E-state index in [-0.39, 0.29) is 12.3 Å². The van der Waals surface area contributed by atoms with Gasteiger partial charge in [0.15, 0.2) is 0 Å². The summed E-state index contributed by atoms with van der Waals surface area (Å²) in [5, 5.41) is 33.4. The molecule has 0 aromatic rings. The first-order valence-electron chi connectivity index (χ1n) is 7.90. The largest absolute Gasteiger partial charge is 0.479 e. The standard InChI is InChI=1S/C16H28N2O7/c1-8(2)7-9(16(25,13(21)22)14(23)24)11(19)18-10(12(20)17-6)15(3,4)5/h8-10,25H,7H2,1-6H3,(H,17,20)(H,18,19)(H,21,22)(H,23,24)/t9-,10+/m0/s1. The van der Waals surface area contributed by atoms with Crippen molar-refractivity contribution in [2.75, 3.05) is 7.05 Å². The van der Waals surface area contributed by atoms with Gasteiger partial charge in [-0.1, -0.05) is 34.6 Å². The Morgan fingerprint density at radius 1 is 0.960 bits per heavy atom. The minimum absolute atomic E-state index is 0.189. The molecule has 2 atom stereocenters. The molecule has 0 unspecified atom stereocenters. The van der Waals surface area contributed by atoms with E-state index < -0.39 is 46.7 Å². The number of aliphatic carboxylic acids is 2. The van der Waals surface area contributed by atoms with Gasteiger partial charge in [0.2, 0.25) is 11.8 Å². The highest BCUT2D eigenvalue weighted by atomic mass is 16.4. The van der Waals surface area contributed by atoms with Gasteiger partial charge in [-0.05, 0) is 17.8 Å². The minimum atomic E-state index is -3.29. The van der Waals surface area contributed by atoms with E-state index in [1.807, 2.05) is 0 Å². The Morgan fingerprint density at radius 2 is 1.40 bits per heavy atom. The van der Waals surface area contributed by atoms with Crippen molar-refractivity contribution in [3.63, 3.8) is 0 Å². The van der Waals surface area contributed by atoms with E-state index in [4.69, 9.17) is 0 Å². The number of rotatable bonds is 8. The van der Waals surface area contributed by atoms with E-state index in [9.17, 15) is 34.5 Å². The molecule has 0 saturated carbocycles. The molecule has 0 heterocycles. The minimum Gasteiger partial charge on any atom is -0.479 e. The van der Waals surface area contributed by atoms with Gasteiger partial charge in [-0.2, -0.15) is 0 Å². The van der Waals surface area contributed by atoms with Crippen molar-refractivity contribution in [2.45, 2.75) is 52.7 Å². The second-order valence-corrected chi connectivity index (χ2v) is 7.48. The van der Waals surface area contributed by atoms with Crippen molar-refractivity contribution in [1.82, 2.24) is 10.6 Å². The maximum absolute atomic E-state index is 12.6. The molecular formula is C16H28N2O7. The Hall–Kier alpha value is -2.16. The van der Waals surface area contributed by atoms with Crippen LogP contribution in [0.1, 0.15) is 41.0 Å². The monoisotopic (exact) mass is 360 g/mol. The van der Waals surface area contributed by atoms with Crippen molar-refractivity contribution in [2.24, 2.45) is 17.3 Å². The van der Waals surface area contributed by atoms with Crippen LogP contribution in [-0.4, -0.2) is 57.8 Å². The van der Waals surface area contributed by atoms with Crippen molar-refractivity contribution in [3.05, 3.63) is 0 Å². The third-order valence-corrected chi connectivity index (χ3v) is 3.84. The molecule has 0 fully saturated rings. The molecule has 9 heteroatoms. The lowest BCUT2D eigenvalue weighted by Gasteiger charge is -2.34. The molecule has 25 heavy (non-hydrogen) atoms. The third kappa shape index (κ3) is 5.42. The van der Waals surface area contributed by atoms with E-state index in [1.54, 1.807) is 34.6 Å². The van der Waals surface area contributed by atoms with Crippen LogP contribution in [0.15, 0.2) is 0 Å². The van der Waals surface area contributed by atoms with Crippen LogP contribution in [0.4, 0.5) is 0 Å². The van der Waals surface area contributed by atoms with Crippen molar-refractivity contribution in [1.29, 1.82) is 0 Å². The fourth-order valence-electron chi connectivity index (χ4n) is 2.39. The first kappa shape index (κ1) is 22.8. The number of carboxylic acids is 2. The highest BCUT2D eigenvalue weighted by Crippen LogP contribution is 2.28. The topological polar surface area (TPSA) is 153 Å². The van der Waals surface area contributed by atoms with E-state index in [2.05, 4.69) is 10.6 Å². The molecule has 0 aliphatic carbocycles. The third-order valence-electron chi connectivity index (χ3n) is 3.84. The van der Waals surface area contributed by atoms with Crippen LogP contribution in [0, 0.1) is 17.3 Å². The van der Waals surface area contributed by atoms with E-state index in [1.165, 1.54) is 7.05 Å². The molecule has 0 aromatic heterocycles. The summed E-state index contributed by atoms with van der Waals surface area (Å²) in [4.78, 5) is 47.4. The second kappa shape index (κ2) is 8.28. The van der Waals surface area contributed by atoms with Crippen LogP contribution in [0.2, 0.25) is 0 Å². The summed E-state index contributed by atoms with van der Waals surface area (Å²) in [6.07, 6.45) is -0.189. The first-order valence-corrected chi connectivity index (χ1v) is 7.90. The molecule has 5 N–H and O–H groups in total. The summed E-state index contributed by atoms with van der Waals surface area (Å²) in [6.45, 7) is 8.37. The van der Waals surface area contributed by atoms with Gasteiger partial charge in [0, 0.05) is 7.05 Å². The van der Waals surface area contributed by atoms with Gasteiger partial charge in [0.25, 0.3) is 5.60 Å². The Morgan fingerprint density at radius 3 is 1.68 bits per heavy atom. The van der Waals surface area contributed by atoms with Crippen LogP contribution in [0.5, 0.6) is 0 Å². The lowest BCUT2D eigenvalue weighted by Crippen LogP contribution is -2.61. The zero-order valence-electron chi connectivity index (χ0n) is 15.4. The fourth-order valence-corrected chi connectivity index (χ4v) is 2.39. The van der Waals surface area contributed by atoms with Gasteiger partial charge in [-0.3, -0.25) is 9.59 Å². The Balaban J connectivity index is 5.90. The van der Waals surface area contributed by atoms with Crippen molar-refractivity contribution in [3.8, 4) is 0 Å². The van der Waals surface area contributed by atoms with Gasteiger partial charge < -0.3 is 26.0 Å². The quantitative estimate of drug-likeness (QED) is 0.376. The normalized spacial score (nSPS) is 14.6. The van der Waals surface area contributed by atoms with Gasteiger partial charge >= 0.3 is 11.9 Å². The molecule has 0 saturated heterocycles. The van der Waals surface area contributed by atoms with Crippen LogP contribution >= 0.6 is 0 Å². The molecule has 0 spiro atoms. The van der Waals surface area contributed by atoms with Crippen LogP contribution in [0.3, 0.4) is 0 Å². The molecule has 0 bridgehead atoms. The second-order valence-electron chi connectivity index (χ2n) is 7.48. The number of aliphatic hydroxyl groups is 1. The van der Waals surface area contributed by atoms with Crippen LogP contribution in [0.25, 0.3) is 0 Å². The van der Waals surface area contributed by atoms with Crippen LogP contribution in [-0.2, 0) is 19.2 Å². The fraction of sp³-hybridized carbons (Fsp3) is 0.750. The maximum atomic E-state index is 12.6. The Kier molecular flexibility index (Phi) is 7.57. The summed E-state index contributed by atoms with van der Waals surface area (Å²) in [6, 6.07) is -1.04. The zero-order valence-corrected chi connectivity index (χ0v) is 15.4. The molecule has 0 aromatic carbocycles. The Labute approximate surface area is 146 Å². The highest BCUT2D eigenvalue weighted by molar-refractivity contribution is 6.06. The zero-order chi connectivity index (χ0) is 20.2. The number of likely N-dealkylation sites (N-methyl/N-ethyl adjacent to an activating group) is 1. The van der Waals surface area contributed by atoms with E-state index in [0.717, 1.165) is 0 Å². The maximum Gasteiger partial charge on any atom is 0.348 e. The predicted molar refractivity (Wildman–Crippen MR) is 88.6 cm³/mol. The smallest absolute Gasteiger partial charge is 0.348 e. The number of nitrogens with one attached hydrogen (secondary N) is 2. The summed E-state index contributed by atoms with van der Waals surface area (Å²) >= 11 is 0. The lowest BCUT2D eigenvalue weighted by molar-refractivity contribution is -0.186. The van der Waals surface area contributed by atoms with Crippen LogP contribution < -0.4 is 10.6 Å². The summed E-state index contributed by atoms with van der Waals surface area (Å²) in [5.41, 5.74) is -4.01. The van der Waals surface area contributed by atoms with E-state index in [0.29, 0.717) is 0 Å². The molecule has 0 rings (SSSR count). The number of hydrogen-bond acceptors (Lipinski definition) is 5. The number of amides is 2. The number of carbonyl (C=O) groups is 4. The summed E-state index contributed by atoms with van der Waals surface area (Å²) in [5.74, 6) is -7.63. The molecule has 2 amide bonds. The number of carbonyl (C=O) groups excluding carboxylic acids is 2. The predicted octanol–water partition coefficient (Wildman–Crippen LogP) is -0.174. The van der Waals surface area contributed by atoms with Gasteiger partial charge in [0.05, 0.1) is 5.92 Å². The first-order chi connectivity index (χ1) is 11.2. The van der Waals surface area contributed by atoms with Crippen molar-refractivity contribution >= 4 is 23.8 Å². The molecular weight excluding hydrogens is 332 g/mol. The average Bonchev–Trinajstić information content (AvgIpc) is 2.46. The van der Waals surface area contributed by atoms with Crippen molar-refractivity contribution < 1.29 is 34.5 Å². The van der Waals surface area contributed by atoms with Gasteiger partial charge in [-0.25, -0.2) is 9.59 Å². The van der Waals surface area contributed by atoms with E-state index >= 15 is 0 Å². The highest BCUT2D eigenvalue weighted by Gasteiger charge is 2.55. The van der Waals surface area contributed by atoms with Gasteiger partial charge in [-0.15, -0.1) is 0 Å². The Bertz CT molecular complexity index is 523. The summed E-state index contributed by atoms with van der Waals surface area (Å²) in [7, 11) is 1.38. The SMILES string of the molecule is CNC(=O)[C@@H](NC(=O)[C@H](CC(C)C)C(O)(C(=O)O)C(=O)O)C(C)(C)C. The molecule has 144 valence electrons. The average molecular weight is 360 g/mol.